The molecule has 1 fully saturated rings. The summed E-state index contributed by atoms with van der Waals surface area (Å²) in [5.41, 5.74) is 0.619. The Balaban J connectivity index is 1.75. The summed E-state index contributed by atoms with van der Waals surface area (Å²) in [6.07, 6.45) is 5.20. The fourth-order valence-corrected chi connectivity index (χ4v) is 2.07. The van der Waals surface area contributed by atoms with Crippen molar-refractivity contribution in [3.05, 3.63) is 18.0 Å². The molecule has 6 nitrogen and oxygen atoms in total. The molecule has 1 aromatic heterocycles. The maximum absolute atomic E-state index is 12.0. The van der Waals surface area contributed by atoms with Gasteiger partial charge in [0.25, 0.3) is 5.91 Å². The SMILES string of the molecule is COCCOC1CCN(C(=O)c2cn[nH]c2)CC1. The summed E-state index contributed by atoms with van der Waals surface area (Å²) >= 11 is 0. The second-order valence-electron chi connectivity index (χ2n) is 4.34. The van der Waals surface area contributed by atoms with Crippen molar-refractivity contribution in [3.8, 4) is 0 Å². The van der Waals surface area contributed by atoms with Crippen LogP contribution in [0.4, 0.5) is 0 Å². The zero-order valence-corrected chi connectivity index (χ0v) is 10.6. The molecule has 0 radical (unpaired) electrons. The van der Waals surface area contributed by atoms with Crippen LogP contribution in [0.3, 0.4) is 0 Å². The van der Waals surface area contributed by atoms with Gasteiger partial charge in [0.2, 0.25) is 0 Å². The van der Waals surface area contributed by atoms with Crippen molar-refractivity contribution in [2.24, 2.45) is 0 Å². The van der Waals surface area contributed by atoms with Gasteiger partial charge in [-0.1, -0.05) is 0 Å². The summed E-state index contributed by atoms with van der Waals surface area (Å²) in [5, 5.41) is 6.45. The van der Waals surface area contributed by atoms with Crippen LogP contribution in [-0.4, -0.2) is 60.5 Å². The van der Waals surface area contributed by atoms with Gasteiger partial charge < -0.3 is 14.4 Å². The quantitative estimate of drug-likeness (QED) is 0.783. The van der Waals surface area contributed by atoms with E-state index in [-0.39, 0.29) is 12.0 Å². The third kappa shape index (κ3) is 3.30. The minimum absolute atomic E-state index is 0.0408. The number of nitrogens with zero attached hydrogens (tertiary/aromatic N) is 2. The molecule has 0 spiro atoms. The van der Waals surface area contributed by atoms with Gasteiger partial charge in [-0.2, -0.15) is 5.10 Å². The van der Waals surface area contributed by atoms with E-state index in [1.165, 1.54) is 0 Å². The molecule has 0 atom stereocenters. The molecule has 0 aromatic carbocycles. The number of rotatable bonds is 5. The number of aromatic amines is 1. The number of hydrogen-bond acceptors (Lipinski definition) is 4. The van der Waals surface area contributed by atoms with Crippen molar-refractivity contribution in [1.82, 2.24) is 15.1 Å². The average molecular weight is 253 g/mol. The van der Waals surface area contributed by atoms with E-state index in [0.29, 0.717) is 18.8 Å². The van der Waals surface area contributed by atoms with Crippen molar-refractivity contribution in [2.45, 2.75) is 18.9 Å². The highest BCUT2D eigenvalue weighted by atomic mass is 16.5. The normalized spacial score (nSPS) is 17.1. The van der Waals surface area contributed by atoms with E-state index in [1.807, 2.05) is 4.90 Å². The number of nitrogens with one attached hydrogen (secondary N) is 1. The van der Waals surface area contributed by atoms with Gasteiger partial charge in [-0.25, -0.2) is 0 Å². The lowest BCUT2D eigenvalue weighted by molar-refractivity contribution is -0.0122. The molecule has 0 unspecified atom stereocenters. The number of ether oxygens (including phenoxy) is 2. The molecule has 1 N–H and O–H groups in total. The molecular weight excluding hydrogens is 234 g/mol. The Kier molecular flexibility index (Phi) is 4.72. The molecule has 1 aliphatic rings. The molecule has 18 heavy (non-hydrogen) atoms. The number of aromatic nitrogens is 2. The second-order valence-corrected chi connectivity index (χ2v) is 4.34. The van der Waals surface area contributed by atoms with Crippen LogP contribution in [0.1, 0.15) is 23.2 Å². The van der Waals surface area contributed by atoms with Crippen LogP contribution in [0.5, 0.6) is 0 Å². The number of amides is 1. The zero-order valence-electron chi connectivity index (χ0n) is 10.6. The van der Waals surface area contributed by atoms with Gasteiger partial charge in [0.15, 0.2) is 0 Å². The third-order valence-electron chi connectivity index (χ3n) is 3.12. The van der Waals surface area contributed by atoms with Gasteiger partial charge in [0.1, 0.15) is 0 Å². The van der Waals surface area contributed by atoms with E-state index in [9.17, 15) is 4.79 Å². The van der Waals surface area contributed by atoms with Gasteiger partial charge in [0, 0.05) is 26.4 Å². The van der Waals surface area contributed by atoms with Crippen LogP contribution in [0.25, 0.3) is 0 Å². The van der Waals surface area contributed by atoms with E-state index >= 15 is 0 Å². The molecule has 6 heteroatoms. The zero-order chi connectivity index (χ0) is 12.8. The summed E-state index contributed by atoms with van der Waals surface area (Å²) in [4.78, 5) is 13.9. The van der Waals surface area contributed by atoms with Crippen molar-refractivity contribution in [1.29, 1.82) is 0 Å². The first-order valence-electron chi connectivity index (χ1n) is 6.20. The standard InChI is InChI=1S/C12H19N3O3/c1-17-6-7-18-11-2-4-15(5-3-11)12(16)10-8-13-14-9-10/h8-9,11H,2-7H2,1H3,(H,13,14). The molecule has 0 saturated carbocycles. The summed E-state index contributed by atoms with van der Waals surface area (Å²) in [6.45, 7) is 2.72. The predicted molar refractivity (Wildman–Crippen MR) is 65.3 cm³/mol. The third-order valence-corrected chi connectivity index (χ3v) is 3.12. The number of methoxy groups -OCH3 is 1. The Morgan fingerprint density at radius 2 is 2.28 bits per heavy atom. The van der Waals surface area contributed by atoms with Crippen molar-refractivity contribution >= 4 is 5.91 Å². The molecule has 1 saturated heterocycles. The first-order valence-corrected chi connectivity index (χ1v) is 6.20. The van der Waals surface area contributed by atoms with Gasteiger partial charge >= 0.3 is 0 Å². The topological polar surface area (TPSA) is 67.5 Å². The molecule has 1 aromatic rings. The fraction of sp³-hybridized carbons (Fsp3) is 0.667. The Labute approximate surface area is 106 Å². The van der Waals surface area contributed by atoms with Crippen LogP contribution in [0.15, 0.2) is 12.4 Å². The monoisotopic (exact) mass is 253 g/mol. The Bertz CT molecular complexity index is 359. The van der Waals surface area contributed by atoms with Gasteiger partial charge in [-0.3, -0.25) is 9.89 Å². The second kappa shape index (κ2) is 6.51. The molecule has 2 rings (SSSR count). The van der Waals surface area contributed by atoms with Crippen LogP contribution in [0, 0.1) is 0 Å². The Morgan fingerprint density at radius 3 is 2.89 bits per heavy atom. The lowest BCUT2D eigenvalue weighted by Gasteiger charge is -2.31. The smallest absolute Gasteiger partial charge is 0.257 e. The van der Waals surface area contributed by atoms with Crippen LogP contribution in [0.2, 0.25) is 0 Å². The van der Waals surface area contributed by atoms with Crippen molar-refractivity contribution in [3.63, 3.8) is 0 Å². The summed E-state index contributed by atoms with van der Waals surface area (Å²) < 4.78 is 10.6. The maximum Gasteiger partial charge on any atom is 0.257 e. The van der Waals surface area contributed by atoms with E-state index in [0.717, 1.165) is 25.9 Å². The number of hydrogen-bond donors (Lipinski definition) is 1. The largest absolute Gasteiger partial charge is 0.382 e. The van der Waals surface area contributed by atoms with Crippen LogP contribution < -0.4 is 0 Å². The first kappa shape index (κ1) is 13.0. The van der Waals surface area contributed by atoms with E-state index < -0.39 is 0 Å². The van der Waals surface area contributed by atoms with Gasteiger partial charge in [-0.05, 0) is 12.8 Å². The van der Waals surface area contributed by atoms with Gasteiger partial charge in [0.05, 0.1) is 31.1 Å². The van der Waals surface area contributed by atoms with E-state index in [1.54, 1.807) is 19.5 Å². The predicted octanol–water partition coefficient (Wildman–Crippen LogP) is 0.677. The summed E-state index contributed by atoms with van der Waals surface area (Å²) in [7, 11) is 1.66. The summed E-state index contributed by atoms with van der Waals surface area (Å²) in [6, 6.07) is 0. The van der Waals surface area contributed by atoms with Gasteiger partial charge in [-0.15, -0.1) is 0 Å². The highest BCUT2D eigenvalue weighted by Gasteiger charge is 2.24. The Morgan fingerprint density at radius 1 is 1.50 bits per heavy atom. The summed E-state index contributed by atoms with van der Waals surface area (Å²) in [5.74, 6) is 0.0408. The number of carbonyl (C=O) groups is 1. The molecule has 0 bridgehead atoms. The molecule has 1 aliphatic heterocycles. The Hall–Kier alpha value is -1.40. The number of piperidine rings is 1. The minimum atomic E-state index is 0.0408. The molecular formula is C12H19N3O3. The molecule has 2 heterocycles. The van der Waals surface area contributed by atoms with Crippen molar-refractivity contribution < 1.29 is 14.3 Å². The minimum Gasteiger partial charge on any atom is -0.382 e. The van der Waals surface area contributed by atoms with Crippen LogP contribution in [-0.2, 0) is 9.47 Å². The number of carbonyl (C=O) groups excluding carboxylic acids is 1. The van der Waals surface area contributed by atoms with Crippen LogP contribution >= 0.6 is 0 Å². The van der Waals surface area contributed by atoms with E-state index in [4.69, 9.17) is 9.47 Å². The van der Waals surface area contributed by atoms with E-state index in [2.05, 4.69) is 10.2 Å². The highest BCUT2D eigenvalue weighted by Crippen LogP contribution is 2.15. The molecule has 0 aliphatic carbocycles. The first-order chi connectivity index (χ1) is 8.81. The maximum atomic E-state index is 12.0. The number of H-pyrrole nitrogens is 1. The highest BCUT2D eigenvalue weighted by molar-refractivity contribution is 5.93. The fourth-order valence-electron chi connectivity index (χ4n) is 2.07. The average Bonchev–Trinajstić information content (AvgIpc) is 2.93. The number of likely N-dealkylation sites (tertiary alicyclic amines) is 1. The lowest BCUT2D eigenvalue weighted by Crippen LogP contribution is -2.41. The molecule has 1 amide bonds. The lowest BCUT2D eigenvalue weighted by atomic mass is 10.1. The molecule has 100 valence electrons. The van der Waals surface area contributed by atoms with Crippen molar-refractivity contribution in [2.75, 3.05) is 33.4 Å².